The third-order valence-corrected chi connectivity index (χ3v) is 1.96. The maximum Gasteiger partial charge on any atom is 0.0253 e. The lowest BCUT2D eigenvalue weighted by Crippen LogP contribution is -2.37. The van der Waals surface area contributed by atoms with Crippen LogP contribution in [0.25, 0.3) is 0 Å². The lowest BCUT2D eigenvalue weighted by atomic mass is 10.3. The van der Waals surface area contributed by atoms with Gasteiger partial charge in [0.2, 0.25) is 0 Å². The van der Waals surface area contributed by atoms with Crippen LogP contribution in [0.2, 0.25) is 0 Å². The molecule has 0 aromatic heterocycles. The van der Waals surface area contributed by atoms with Gasteiger partial charge in [-0.15, -0.1) is 6.58 Å². The van der Waals surface area contributed by atoms with E-state index in [9.17, 15) is 0 Å². The summed E-state index contributed by atoms with van der Waals surface area (Å²) in [5, 5.41) is 1.73. The highest BCUT2D eigenvalue weighted by Crippen LogP contribution is 1.94. The normalized spacial score (nSPS) is 11.2. The summed E-state index contributed by atoms with van der Waals surface area (Å²) in [5.41, 5.74) is 0. The van der Waals surface area contributed by atoms with Gasteiger partial charge in [0.1, 0.15) is 0 Å². The smallest absolute Gasteiger partial charge is 0.0253 e. The van der Waals surface area contributed by atoms with E-state index in [2.05, 4.69) is 18.4 Å². The largest absolute Gasteiger partial charge is 0.302 e. The van der Waals surface area contributed by atoms with Gasteiger partial charge in [-0.05, 0) is 19.4 Å². The summed E-state index contributed by atoms with van der Waals surface area (Å²) in [6.45, 7) is 10.2. The Hall–Kier alpha value is -0.380. The summed E-state index contributed by atoms with van der Waals surface area (Å²) in [6.07, 6.45) is 4.23. The molecule has 0 atom stereocenters. The van der Waals surface area contributed by atoms with E-state index in [1.54, 1.807) is 5.01 Å². The summed E-state index contributed by atoms with van der Waals surface area (Å²) >= 11 is 0. The first-order valence-corrected chi connectivity index (χ1v) is 4.99. The fraction of sp³-hybridized carbons (Fsp3) is 0.800. The van der Waals surface area contributed by atoms with Gasteiger partial charge in [-0.2, -0.15) is 0 Å². The van der Waals surface area contributed by atoms with Gasteiger partial charge in [0.15, 0.2) is 0 Å². The molecule has 13 heavy (non-hydrogen) atoms. The van der Waals surface area contributed by atoms with Crippen LogP contribution in [0.4, 0.5) is 0 Å². The molecule has 0 bridgehead atoms. The fourth-order valence-electron chi connectivity index (χ4n) is 1.22. The lowest BCUT2D eigenvalue weighted by Gasteiger charge is -2.22. The fourth-order valence-corrected chi connectivity index (χ4v) is 1.22. The first kappa shape index (κ1) is 12.6. The highest BCUT2D eigenvalue weighted by molar-refractivity contribution is 4.70. The Kier molecular flexibility index (Phi) is 7.99. The molecule has 0 spiro atoms. The van der Waals surface area contributed by atoms with E-state index in [4.69, 9.17) is 5.84 Å². The number of hydrazine groups is 1. The molecule has 0 aliphatic heterocycles. The molecule has 0 aromatic carbocycles. The van der Waals surface area contributed by atoms with Crippen molar-refractivity contribution in [3.05, 3.63) is 12.7 Å². The third-order valence-electron chi connectivity index (χ3n) is 1.96. The number of hydrogen-bond donors (Lipinski definition) is 1. The highest BCUT2D eigenvalue weighted by atomic mass is 15.4. The van der Waals surface area contributed by atoms with Crippen molar-refractivity contribution in [3.63, 3.8) is 0 Å². The van der Waals surface area contributed by atoms with Crippen LogP contribution in [0.3, 0.4) is 0 Å². The first-order chi connectivity index (χ1) is 6.20. The zero-order chi connectivity index (χ0) is 10.1. The molecular formula is C10H23N3. The maximum absolute atomic E-state index is 5.55. The molecule has 0 radical (unpaired) electrons. The Bertz CT molecular complexity index is 123. The number of nitrogens with zero attached hydrogens (tertiary/aromatic N) is 2. The van der Waals surface area contributed by atoms with Crippen LogP contribution < -0.4 is 5.84 Å². The molecule has 0 amide bonds. The highest BCUT2D eigenvalue weighted by Gasteiger charge is 2.02. The Balaban J connectivity index is 3.59. The van der Waals surface area contributed by atoms with Crippen LogP contribution in [0, 0.1) is 0 Å². The molecule has 0 unspecified atom stereocenters. The molecule has 0 aromatic rings. The second-order valence-electron chi connectivity index (χ2n) is 3.40. The molecule has 0 fully saturated rings. The van der Waals surface area contributed by atoms with E-state index in [0.29, 0.717) is 0 Å². The predicted octanol–water partition coefficient (Wildman–Crippen LogP) is 1.08. The van der Waals surface area contributed by atoms with Gasteiger partial charge >= 0.3 is 0 Å². The van der Waals surface area contributed by atoms with Crippen LogP contribution in [-0.2, 0) is 0 Å². The number of nitrogens with two attached hydrogens (primary N) is 1. The Labute approximate surface area is 82.2 Å². The molecule has 0 aliphatic rings. The van der Waals surface area contributed by atoms with Gasteiger partial charge in [-0.3, -0.25) is 5.84 Å². The summed E-state index contributed by atoms with van der Waals surface area (Å²) in [6, 6.07) is 0. The van der Waals surface area contributed by atoms with Crippen molar-refractivity contribution in [2.24, 2.45) is 5.84 Å². The van der Waals surface area contributed by atoms with Crippen molar-refractivity contribution in [2.75, 3.05) is 33.2 Å². The topological polar surface area (TPSA) is 32.5 Å². The Morgan fingerprint density at radius 1 is 1.23 bits per heavy atom. The zero-order valence-corrected chi connectivity index (χ0v) is 9.00. The van der Waals surface area contributed by atoms with Crippen molar-refractivity contribution >= 4 is 0 Å². The van der Waals surface area contributed by atoms with Gasteiger partial charge < -0.3 is 4.90 Å². The number of rotatable bonds is 8. The third kappa shape index (κ3) is 7.96. The molecule has 3 heteroatoms. The summed E-state index contributed by atoms with van der Waals surface area (Å²) in [4.78, 5) is 2.42. The summed E-state index contributed by atoms with van der Waals surface area (Å²) in [7, 11) is 1.90. The lowest BCUT2D eigenvalue weighted by molar-refractivity contribution is 0.230. The van der Waals surface area contributed by atoms with Gasteiger partial charge in [0.25, 0.3) is 0 Å². The monoisotopic (exact) mass is 185 g/mol. The van der Waals surface area contributed by atoms with Crippen LogP contribution in [-0.4, -0.2) is 43.1 Å². The minimum Gasteiger partial charge on any atom is -0.302 e. The second kappa shape index (κ2) is 8.23. The minimum absolute atomic E-state index is 0.928. The molecular weight excluding hydrogens is 162 g/mol. The van der Waals surface area contributed by atoms with Crippen LogP contribution in [0.15, 0.2) is 12.7 Å². The molecule has 0 heterocycles. The van der Waals surface area contributed by atoms with E-state index in [1.165, 1.54) is 6.42 Å². The molecule has 78 valence electrons. The van der Waals surface area contributed by atoms with Crippen molar-refractivity contribution in [1.82, 2.24) is 9.91 Å². The van der Waals surface area contributed by atoms with Crippen LogP contribution >= 0.6 is 0 Å². The van der Waals surface area contributed by atoms with Crippen molar-refractivity contribution < 1.29 is 0 Å². The number of likely N-dealkylation sites (N-methyl/N-ethyl adjacent to an activating group) is 1. The van der Waals surface area contributed by atoms with E-state index < -0.39 is 0 Å². The minimum atomic E-state index is 0.928. The zero-order valence-electron chi connectivity index (χ0n) is 9.00. The van der Waals surface area contributed by atoms with E-state index in [0.717, 1.165) is 32.6 Å². The maximum atomic E-state index is 5.55. The first-order valence-electron chi connectivity index (χ1n) is 4.99. The predicted molar refractivity (Wildman–Crippen MR) is 58.4 cm³/mol. The average Bonchev–Trinajstić information content (AvgIpc) is 2.09. The molecule has 0 aliphatic carbocycles. The van der Waals surface area contributed by atoms with Gasteiger partial charge in [0.05, 0.1) is 0 Å². The van der Waals surface area contributed by atoms with Gasteiger partial charge in [-0.1, -0.05) is 13.0 Å². The molecule has 3 nitrogen and oxygen atoms in total. The summed E-state index contributed by atoms with van der Waals surface area (Å²) in [5.74, 6) is 5.55. The van der Waals surface area contributed by atoms with Gasteiger partial charge in [0, 0.05) is 26.7 Å². The molecule has 2 N–H and O–H groups in total. The molecule has 0 saturated heterocycles. The van der Waals surface area contributed by atoms with Gasteiger partial charge in [-0.25, -0.2) is 5.01 Å². The quantitative estimate of drug-likeness (QED) is 0.349. The Morgan fingerprint density at radius 3 is 2.38 bits per heavy atom. The average molecular weight is 185 g/mol. The Morgan fingerprint density at radius 2 is 1.92 bits per heavy atom. The standard InChI is InChI=1S/C10H23N3/c1-4-6-8-13(7-5-2)10-9-12(3)11/h4H,1,5-11H2,2-3H3. The second-order valence-corrected chi connectivity index (χ2v) is 3.40. The summed E-state index contributed by atoms with van der Waals surface area (Å²) < 4.78 is 0. The van der Waals surface area contributed by atoms with Crippen molar-refractivity contribution in [3.8, 4) is 0 Å². The van der Waals surface area contributed by atoms with Crippen molar-refractivity contribution in [1.29, 1.82) is 0 Å². The van der Waals surface area contributed by atoms with Crippen LogP contribution in [0.1, 0.15) is 19.8 Å². The molecule has 0 rings (SSSR count). The number of hydrogen-bond acceptors (Lipinski definition) is 3. The van der Waals surface area contributed by atoms with E-state index >= 15 is 0 Å². The van der Waals surface area contributed by atoms with E-state index in [1.807, 2.05) is 13.1 Å². The van der Waals surface area contributed by atoms with Crippen LogP contribution in [0.5, 0.6) is 0 Å². The SMILES string of the molecule is C=CCCN(CCC)CCN(C)N. The molecule has 0 saturated carbocycles. The van der Waals surface area contributed by atoms with E-state index in [-0.39, 0.29) is 0 Å². The van der Waals surface area contributed by atoms with Crippen molar-refractivity contribution in [2.45, 2.75) is 19.8 Å².